The molecule has 0 saturated heterocycles. The molecule has 0 aliphatic rings. The third kappa shape index (κ3) is 3.17. The number of carboxylic acids is 1. The fourth-order valence-corrected chi connectivity index (χ4v) is 1.77. The lowest BCUT2D eigenvalue weighted by Gasteiger charge is -2.09. The highest BCUT2D eigenvalue weighted by molar-refractivity contribution is 5.66. The van der Waals surface area contributed by atoms with Gasteiger partial charge in [0.05, 0.1) is 12.0 Å². The summed E-state index contributed by atoms with van der Waals surface area (Å²) in [5, 5.41) is 8.64. The van der Waals surface area contributed by atoms with Crippen molar-refractivity contribution in [3.63, 3.8) is 0 Å². The van der Waals surface area contributed by atoms with Crippen molar-refractivity contribution in [3.05, 3.63) is 42.2 Å². The lowest BCUT2D eigenvalue weighted by molar-refractivity contribution is -0.138. The van der Waals surface area contributed by atoms with E-state index in [4.69, 9.17) is 5.11 Å². The van der Waals surface area contributed by atoms with E-state index in [1.165, 1.54) is 18.3 Å². The lowest BCUT2D eigenvalue weighted by Crippen LogP contribution is -2.06. The van der Waals surface area contributed by atoms with Crippen LogP contribution < -0.4 is 0 Å². The standard InChI is InChI=1S/C13H11F3N2O2/c14-13(15,16)10-3-1-9(2-4-10)12-17-6-8-18(12)7-5-11(19)20/h1-4,6,8H,5,7H2,(H,19,20). The Morgan fingerprint density at radius 3 is 2.45 bits per heavy atom. The van der Waals surface area contributed by atoms with Gasteiger partial charge in [-0.05, 0) is 12.1 Å². The number of carboxylic acid groups (broad SMARTS) is 1. The third-order valence-corrected chi connectivity index (χ3v) is 2.75. The Morgan fingerprint density at radius 2 is 1.90 bits per heavy atom. The predicted octanol–water partition coefficient (Wildman–Crippen LogP) is 3.04. The van der Waals surface area contributed by atoms with E-state index in [1.54, 1.807) is 10.8 Å². The van der Waals surface area contributed by atoms with Gasteiger partial charge in [0.15, 0.2) is 0 Å². The molecule has 1 aromatic heterocycles. The van der Waals surface area contributed by atoms with E-state index in [2.05, 4.69) is 4.98 Å². The van der Waals surface area contributed by atoms with Gasteiger partial charge in [-0.1, -0.05) is 12.1 Å². The van der Waals surface area contributed by atoms with Crippen molar-refractivity contribution in [3.8, 4) is 11.4 Å². The van der Waals surface area contributed by atoms with E-state index in [0.29, 0.717) is 11.4 Å². The predicted molar refractivity (Wildman–Crippen MR) is 64.9 cm³/mol. The first-order chi connectivity index (χ1) is 9.38. The fourth-order valence-electron chi connectivity index (χ4n) is 1.77. The summed E-state index contributed by atoms with van der Waals surface area (Å²) in [5.41, 5.74) is -0.224. The number of imidazole rings is 1. The molecule has 106 valence electrons. The molecule has 0 unspecified atom stereocenters. The molecule has 0 aliphatic carbocycles. The van der Waals surface area contributed by atoms with Crippen LogP contribution in [0.5, 0.6) is 0 Å². The van der Waals surface area contributed by atoms with Gasteiger partial charge in [0, 0.05) is 24.5 Å². The van der Waals surface area contributed by atoms with Gasteiger partial charge >= 0.3 is 12.1 Å². The van der Waals surface area contributed by atoms with Crippen LogP contribution >= 0.6 is 0 Å². The first-order valence-corrected chi connectivity index (χ1v) is 5.78. The van der Waals surface area contributed by atoms with Crippen LogP contribution in [-0.4, -0.2) is 20.6 Å². The highest BCUT2D eigenvalue weighted by Gasteiger charge is 2.30. The number of halogens is 3. The van der Waals surface area contributed by atoms with Crippen molar-refractivity contribution >= 4 is 5.97 Å². The minimum atomic E-state index is -4.38. The summed E-state index contributed by atoms with van der Waals surface area (Å²) >= 11 is 0. The number of alkyl halides is 3. The van der Waals surface area contributed by atoms with Crippen LogP contribution in [0.2, 0.25) is 0 Å². The summed E-state index contributed by atoms with van der Waals surface area (Å²) in [6.45, 7) is 0.214. The molecule has 1 heterocycles. The number of aromatic nitrogens is 2. The molecule has 0 saturated carbocycles. The van der Waals surface area contributed by atoms with Crippen molar-refractivity contribution in [1.82, 2.24) is 9.55 Å². The summed E-state index contributed by atoms with van der Waals surface area (Å²) in [6, 6.07) is 4.60. The molecule has 0 radical (unpaired) electrons. The van der Waals surface area contributed by atoms with Crippen LogP contribution in [0.15, 0.2) is 36.7 Å². The van der Waals surface area contributed by atoms with Crippen LogP contribution in [0, 0.1) is 0 Å². The molecule has 7 heteroatoms. The van der Waals surface area contributed by atoms with Crippen molar-refractivity contribution in [2.75, 3.05) is 0 Å². The Morgan fingerprint density at radius 1 is 1.25 bits per heavy atom. The lowest BCUT2D eigenvalue weighted by atomic mass is 10.1. The SMILES string of the molecule is O=C(O)CCn1ccnc1-c1ccc(C(F)(F)F)cc1. The van der Waals surface area contributed by atoms with Crippen molar-refractivity contribution in [2.45, 2.75) is 19.1 Å². The molecule has 0 amide bonds. The second-order valence-electron chi connectivity index (χ2n) is 4.16. The van der Waals surface area contributed by atoms with Gasteiger partial charge in [-0.3, -0.25) is 4.79 Å². The van der Waals surface area contributed by atoms with E-state index >= 15 is 0 Å². The Labute approximate surface area is 112 Å². The number of aryl methyl sites for hydroxylation is 1. The molecule has 0 aliphatic heterocycles. The number of carbonyl (C=O) groups is 1. The number of aliphatic carboxylic acids is 1. The molecular formula is C13H11F3N2O2. The Kier molecular flexibility index (Phi) is 3.78. The van der Waals surface area contributed by atoms with Crippen LogP contribution in [0.3, 0.4) is 0 Å². The molecule has 0 atom stereocenters. The number of hydrogen-bond acceptors (Lipinski definition) is 2. The van der Waals surface area contributed by atoms with Crippen molar-refractivity contribution in [2.24, 2.45) is 0 Å². The van der Waals surface area contributed by atoms with E-state index in [9.17, 15) is 18.0 Å². The molecule has 0 spiro atoms. The van der Waals surface area contributed by atoms with Crippen LogP contribution in [0.1, 0.15) is 12.0 Å². The first kappa shape index (κ1) is 14.1. The zero-order chi connectivity index (χ0) is 14.8. The zero-order valence-corrected chi connectivity index (χ0v) is 10.3. The summed E-state index contributed by atoms with van der Waals surface area (Å²) < 4.78 is 39.0. The summed E-state index contributed by atoms with van der Waals surface area (Å²) in [4.78, 5) is 14.6. The Balaban J connectivity index is 2.24. The minimum Gasteiger partial charge on any atom is -0.481 e. The molecular weight excluding hydrogens is 273 g/mol. The largest absolute Gasteiger partial charge is 0.481 e. The van der Waals surface area contributed by atoms with Gasteiger partial charge in [0.25, 0.3) is 0 Å². The number of benzene rings is 1. The smallest absolute Gasteiger partial charge is 0.416 e. The maximum atomic E-state index is 12.5. The molecule has 1 N–H and O–H groups in total. The first-order valence-electron chi connectivity index (χ1n) is 5.78. The average molecular weight is 284 g/mol. The summed E-state index contributed by atoms with van der Waals surface area (Å²) in [6.07, 6.45) is -1.38. The molecule has 2 rings (SSSR count). The highest BCUT2D eigenvalue weighted by Crippen LogP contribution is 2.30. The fraction of sp³-hybridized carbons (Fsp3) is 0.231. The van der Waals surface area contributed by atoms with Crippen LogP contribution in [-0.2, 0) is 17.5 Å². The third-order valence-electron chi connectivity index (χ3n) is 2.75. The van der Waals surface area contributed by atoms with Gasteiger partial charge in [-0.2, -0.15) is 13.2 Å². The van der Waals surface area contributed by atoms with E-state index in [0.717, 1.165) is 12.1 Å². The number of nitrogens with zero attached hydrogens (tertiary/aromatic N) is 2. The van der Waals surface area contributed by atoms with Crippen molar-refractivity contribution < 1.29 is 23.1 Å². The maximum absolute atomic E-state index is 12.5. The molecule has 4 nitrogen and oxygen atoms in total. The molecule has 0 bridgehead atoms. The topological polar surface area (TPSA) is 55.1 Å². The van der Waals surface area contributed by atoms with Crippen LogP contribution in [0.25, 0.3) is 11.4 Å². The van der Waals surface area contributed by atoms with Gasteiger partial charge in [0.1, 0.15) is 5.82 Å². The monoisotopic (exact) mass is 284 g/mol. The normalized spacial score (nSPS) is 11.6. The minimum absolute atomic E-state index is 0.0794. The van der Waals surface area contributed by atoms with E-state index < -0.39 is 17.7 Å². The quantitative estimate of drug-likeness (QED) is 0.938. The summed E-state index contributed by atoms with van der Waals surface area (Å²) in [5.74, 6) is -0.503. The molecule has 20 heavy (non-hydrogen) atoms. The van der Waals surface area contributed by atoms with Gasteiger partial charge < -0.3 is 9.67 Å². The second kappa shape index (κ2) is 5.36. The molecule has 1 aromatic carbocycles. The van der Waals surface area contributed by atoms with Gasteiger partial charge in [-0.25, -0.2) is 4.98 Å². The molecule has 2 aromatic rings. The van der Waals surface area contributed by atoms with Gasteiger partial charge in [-0.15, -0.1) is 0 Å². The summed E-state index contributed by atoms with van der Waals surface area (Å²) in [7, 11) is 0. The number of rotatable bonds is 4. The Bertz CT molecular complexity index is 603. The van der Waals surface area contributed by atoms with Crippen LogP contribution in [0.4, 0.5) is 13.2 Å². The van der Waals surface area contributed by atoms with E-state index in [-0.39, 0.29) is 13.0 Å². The second-order valence-corrected chi connectivity index (χ2v) is 4.16. The molecule has 0 fully saturated rings. The van der Waals surface area contributed by atoms with Crippen molar-refractivity contribution in [1.29, 1.82) is 0 Å². The Hall–Kier alpha value is -2.31. The number of hydrogen-bond donors (Lipinski definition) is 1. The maximum Gasteiger partial charge on any atom is 0.416 e. The average Bonchev–Trinajstić information content (AvgIpc) is 2.83. The highest BCUT2D eigenvalue weighted by atomic mass is 19.4. The van der Waals surface area contributed by atoms with E-state index in [1.807, 2.05) is 0 Å². The van der Waals surface area contributed by atoms with Gasteiger partial charge in [0.2, 0.25) is 0 Å². The zero-order valence-electron chi connectivity index (χ0n) is 10.3.